The Labute approximate surface area is 95.4 Å². The van der Waals surface area contributed by atoms with Crippen molar-refractivity contribution in [2.45, 2.75) is 24.9 Å². The lowest BCUT2D eigenvalue weighted by Crippen LogP contribution is -2.49. The topological polar surface area (TPSA) is 98.5 Å². The second-order valence-electron chi connectivity index (χ2n) is 4.00. The third kappa shape index (κ3) is 4.07. The Morgan fingerprint density at radius 3 is 2.56 bits per heavy atom. The average molecular weight is 250 g/mol. The largest absolute Gasteiger partial charge is 0.383 e. The molecular weight excluding hydrogens is 232 g/mol. The van der Waals surface area contributed by atoms with E-state index in [1.54, 1.807) is 0 Å². The summed E-state index contributed by atoms with van der Waals surface area (Å²) in [6, 6.07) is -0.775. The number of hydrogen-bond acceptors (Lipinski definition) is 5. The lowest BCUT2D eigenvalue weighted by molar-refractivity contribution is -0.124. The van der Waals surface area contributed by atoms with Crippen LogP contribution in [0.15, 0.2) is 0 Å². The highest BCUT2D eigenvalue weighted by molar-refractivity contribution is 7.91. The van der Waals surface area contributed by atoms with Crippen molar-refractivity contribution < 1.29 is 17.9 Å². The standard InChI is InChI=1S/C9H18N2O4S/c1-15-6-8(10)9(12)11-7-2-4-16(13,14)5-3-7/h7-8H,2-6,10H2,1H3,(H,11,12). The Balaban J connectivity index is 2.36. The van der Waals surface area contributed by atoms with Gasteiger partial charge in [0.1, 0.15) is 15.9 Å². The zero-order valence-corrected chi connectivity index (χ0v) is 10.1. The lowest BCUT2D eigenvalue weighted by Gasteiger charge is -2.24. The monoisotopic (exact) mass is 250 g/mol. The van der Waals surface area contributed by atoms with Crippen LogP contribution in [0.4, 0.5) is 0 Å². The van der Waals surface area contributed by atoms with Gasteiger partial charge in [-0.3, -0.25) is 4.79 Å². The number of carbonyl (C=O) groups is 1. The van der Waals surface area contributed by atoms with Crippen molar-refractivity contribution in [3.05, 3.63) is 0 Å². The predicted octanol–water partition coefficient (Wildman–Crippen LogP) is -1.35. The zero-order valence-electron chi connectivity index (χ0n) is 9.31. The van der Waals surface area contributed by atoms with E-state index in [0.29, 0.717) is 12.8 Å². The highest BCUT2D eigenvalue weighted by Crippen LogP contribution is 2.12. The molecule has 1 unspecified atom stereocenters. The molecule has 7 heteroatoms. The Kier molecular flexibility index (Phi) is 4.69. The van der Waals surface area contributed by atoms with E-state index in [2.05, 4.69) is 5.32 Å². The summed E-state index contributed by atoms with van der Waals surface area (Å²) in [7, 11) is -1.42. The van der Waals surface area contributed by atoms with Gasteiger partial charge in [0.25, 0.3) is 0 Å². The molecule has 1 fully saturated rings. The van der Waals surface area contributed by atoms with Crippen molar-refractivity contribution in [1.82, 2.24) is 5.32 Å². The average Bonchev–Trinajstić information content (AvgIpc) is 2.21. The first-order chi connectivity index (χ1) is 7.44. The fourth-order valence-corrected chi connectivity index (χ4v) is 3.09. The molecule has 1 saturated heterocycles. The molecule has 0 aromatic heterocycles. The number of amides is 1. The van der Waals surface area contributed by atoms with Gasteiger partial charge < -0.3 is 15.8 Å². The lowest BCUT2D eigenvalue weighted by atomic mass is 10.1. The molecule has 1 atom stereocenters. The molecule has 1 heterocycles. The maximum atomic E-state index is 11.5. The summed E-state index contributed by atoms with van der Waals surface area (Å²) in [5, 5.41) is 2.73. The first kappa shape index (κ1) is 13.4. The van der Waals surface area contributed by atoms with E-state index in [4.69, 9.17) is 10.5 Å². The van der Waals surface area contributed by atoms with Gasteiger partial charge in [-0.05, 0) is 12.8 Å². The number of sulfone groups is 1. The van der Waals surface area contributed by atoms with Crippen LogP contribution in [0.1, 0.15) is 12.8 Å². The van der Waals surface area contributed by atoms with Crippen LogP contribution < -0.4 is 11.1 Å². The summed E-state index contributed by atoms with van der Waals surface area (Å²) in [6.45, 7) is 0.164. The fourth-order valence-electron chi connectivity index (χ4n) is 1.60. The quantitative estimate of drug-likeness (QED) is 0.643. The van der Waals surface area contributed by atoms with Crippen LogP contribution in [-0.4, -0.2) is 51.6 Å². The molecule has 1 amide bonds. The van der Waals surface area contributed by atoms with E-state index >= 15 is 0 Å². The van der Waals surface area contributed by atoms with Crippen molar-refractivity contribution in [3.63, 3.8) is 0 Å². The first-order valence-corrected chi connectivity index (χ1v) is 7.02. The van der Waals surface area contributed by atoms with Gasteiger partial charge in [0.05, 0.1) is 18.1 Å². The SMILES string of the molecule is COCC(N)C(=O)NC1CCS(=O)(=O)CC1. The summed E-state index contributed by atoms with van der Waals surface area (Å²) in [5.41, 5.74) is 5.54. The van der Waals surface area contributed by atoms with Crippen molar-refractivity contribution in [2.75, 3.05) is 25.2 Å². The third-order valence-electron chi connectivity index (χ3n) is 2.58. The van der Waals surface area contributed by atoms with E-state index in [0.717, 1.165) is 0 Å². The zero-order chi connectivity index (χ0) is 12.2. The maximum absolute atomic E-state index is 11.5. The van der Waals surface area contributed by atoms with Crippen LogP contribution in [0, 0.1) is 0 Å². The molecule has 0 bridgehead atoms. The summed E-state index contributed by atoms with van der Waals surface area (Å²) >= 11 is 0. The van der Waals surface area contributed by atoms with Gasteiger partial charge in [-0.15, -0.1) is 0 Å². The summed E-state index contributed by atoms with van der Waals surface area (Å²) in [5.74, 6) is -0.0132. The molecule has 1 aliphatic heterocycles. The highest BCUT2D eigenvalue weighted by Gasteiger charge is 2.25. The smallest absolute Gasteiger partial charge is 0.239 e. The Morgan fingerprint density at radius 2 is 2.06 bits per heavy atom. The summed E-state index contributed by atoms with van der Waals surface area (Å²) in [6.07, 6.45) is 0.932. The summed E-state index contributed by atoms with van der Waals surface area (Å²) < 4.78 is 27.1. The molecule has 0 spiro atoms. The molecule has 6 nitrogen and oxygen atoms in total. The maximum Gasteiger partial charge on any atom is 0.239 e. The highest BCUT2D eigenvalue weighted by atomic mass is 32.2. The van der Waals surface area contributed by atoms with Crippen molar-refractivity contribution >= 4 is 15.7 Å². The molecule has 1 rings (SSSR count). The normalized spacial score (nSPS) is 22.6. The van der Waals surface area contributed by atoms with Gasteiger partial charge in [0, 0.05) is 13.2 Å². The number of carbonyl (C=O) groups excluding carboxylic acids is 1. The molecule has 0 radical (unpaired) electrons. The van der Waals surface area contributed by atoms with E-state index in [9.17, 15) is 13.2 Å². The van der Waals surface area contributed by atoms with Gasteiger partial charge in [0.2, 0.25) is 5.91 Å². The van der Waals surface area contributed by atoms with Crippen molar-refractivity contribution in [2.24, 2.45) is 5.73 Å². The molecular formula is C9H18N2O4S. The molecule has 94 valence electrons. The minimum atomic E-state index is -2.89. The molecule has 0 aromatic rings. The van der Waals surface area contributed by atoms with E-state index < -0.39 is 15.9 Å². The molecule has 1 aliphatic rings. The number of nitrogens with one attached hydrogen (secondary N) is 1. The van der Waals surface area contributed by atoms with Crippen molar-refractivity contribution in [3.8, 4) is 0 Å². The van der Waals surface area contributed by atoms with E-state index in [-0.39, 0.29) is 30.1 Å². The molecule has 16 heavy (non-hydrogen) atoms. The fraction of sp³-hybridized carbons (Fsp3) is 0.889. The van der Waals surface area contributed by atoms with Crippen molar-refractivity contribution in [1.29, 1.82) is 0 Å². The van der Waals surface area contributed by atoms with Gasteiger partial charge >= 0.3 is 0 Å². The van der Waals surface area contributed by atoms with E-state index in [1.165, 1.54) is 7.11 Å². The minimum Gasteiger partial charge on any atom is -0.383 e. The third-order valence-corrected chi connectivity index (χ3v) is 4.30. The summed E-state index contributed by atoms with van der Waals surface area (Å²) in [4.78, 5) is 11.5. The van der Waals surface area contributed by atoms with Crippen LogP contribution in [0.3, 0.4) is 0 Å². The minimum absolute atomic E-state index is 0.0843. The van der Waals surface area contributed by atoms with E-state index in [1.807, 2.05) is 0 Å². The molecule has 0 aliphatic carbocycles. The number of ether oxygens (including phenoxy) is 1. The van der Waals surface area contributed by atoms with Crippen LogP contribution in [0.5, 0.6) is 0 Å². The van der Waals surface area contributed by atoms with Gasteiger partial charge in [-0.2, -0.15) is 0 Å². The number of nitrogens with two attached hydrogens (primary N) is 1. The predicted molar refractivity (Wildman–Crippen MR) is 59.7 cm³/mol. The van der Waals surface area contributed by atoms with Crippen LogP contribution >= 0.6 is 0 Å². The Hall–Kier alpha value is -0.660. The van der Waals surface area contributed by atoms with Gasteiger partial charge in [-0.25, -0.2) is 8.42 Å². The van der Waals surface area contributed by atoms with Crippen LogP contribution in [0.2, 0.25) is 0 Å². The molecule has 0 saturated carbocycles. The second-order valence-corrected chi connectivity index (χ2v) is 6.30. The number of rotatable bonds is 4. The number of methoxy groups -OCH3 is 1. The molecule has 3 N–H and O–H groups in total. The Morgan fingerprint density at radius 1 is 1.50 bits per heavy atom. The van der Waals surface area contributed by atoms with Crippen LogP contribution in [-0.2, 0) is 19.4 Å². The van der Waals surface area contributed by atoms with Gasteiger partial charge in [-0.1, -0.05) is 0 Å². The Bertz CT molecular complexity index is 327. The molecule has 0 aromatic carbocycles. The first-order valence-electron chi connectivity index (χ1n) is 5.20. The number of hydrogen-bond donors (Lipinski definition) is 2. The second kappa shape index (κ2) is 5.60. The van der Waals surface area contributed by atoms with Gasteiger partial charge in [0.15, 0.2) is 0 Å². The van der Waals surface area contributed by atoms with Crippen LogP contribution in [0.25, 0.3) is 0 Å².